The molecule has 0 aliphatic carbocycles. The minimum atomic E-state index is -0.536. The molecule has 2 N–H and O–H groups in total. The molecule has 2 aromatic carbocycles. The maximum absolute atomic E-state index is 13.1. The number of hydrogen-bond acceptors (Lipinski definition) is 4. The average molecular weight is 365 g/mol. The highest BCUT2D eigenvalue weighted by atomic mass is 35.5. The molecular formula is C18H18ClFN2O3. The second-order valence-corrected chi connectivity index (χ2v) is 6.10. The van der Waals surface area contributed by atoms with E-state index >= 15 is 0 Å². The van der Waals surface area contributed by atoms with Crippen molar-refractivity contribution < 1.29 is 18.7 Å². The van der Waals surface area contributed by atoms with Gasteiger partial charge in [0.15, 0.2) is 11.5 Å². The Morgan fingerprint density at radius 2 is 1.92 bits per heavy atom. The Bertz CT molecular complexity index is 785. The molecule has 0 fully saturated rings. The third-order valence-corrected chi connectivity index (χ3v) is 4.03. The lowest BCUT2D eigenvalue weighted by molar-refractivity contribution is -0.116. The van der Waals surface area contributed by atoms with Crippen LogP contribution >= 0.6 is 11.6 Å². The van der Waals surface area contributed by atoms with E-state index in [2.05, 4.69) is 10.6 Å². The van der Waals surface area contributed by atoms with Crippen molar-refractivity contribution in [1.82, 2.24) is 0 Å². The van der Waals surface area contributed by atoms with Gasteiger partial charge in [-0.15, -0.1) is 0 Å². The first-order chi connectivity index (χ1) is 12.0. The van der Waals surface area contributed by atoms with Crippen molar-refractivity contribution in [3.05, 3.63) is 47.2 Å². The Labute approximate surface area is 150 Å². The predicted molar refractivity (Wildman–Crippen MR) is 95.2 cm³/mol. The van der Waals surface area contributed by atoms with E-state index in [-0.39, 0.29) is 10.9 Å². The summed E-state index contributed by atoms with van der Waals surface area (Å²) in [5, 5.41) is 5.92. The molecule has 3 rings (SSSR count). The van der Waals surface area contributed by atoms with Gasteiger partial charge in [-0.1, -0.05) is 11.6 Å². The first kappa shape index (κ1) is 17.4. The molecule has 0 aromatic heterocycles. The van der Waals surface area contributed by atoms with E-state index in [0.717, 1.165) is 18.2 Å². The SMILES string of the molecule is CC(Nc1ccc2c(c1)OCCCO2)C(=O)Nc1ccc(F)cc1Cl. The lowest BCUT2D eigenvalue weighted by Gasteiger charge is -2.17. The third-order valence-electron chi connectivity index (χ3n) is 3.71. The fourth-order valence-electron chi connectivity index (χ4n) is 2.40. The zero-order valence-corrected chi connectivity index (χ0v) is 14.4. The topological polar surface area (TPSA) is 59.6 Å². The van der Waals surface area contributed by atoms with Gasteiger partial charge in [-0.2, -0.15) is 0 Å². The summed E-state index contributed by atoms with van der Waals surface area (Å²) in [7, 11) is 0. The van der Waals surface area contributed by atoms with Crippen molar-refractivity contribution in [2.45, 2.75) is 19.4 Å². The van der Waals surface area contributed by atoms with Crippen LogP contribution in [-0.4, -0.2) is 25.2 Å². The second kappa shape index (κ2) is 7.61. The van der Waals surface area contributed by atoms with E-state index in [4.69, 9.17) is 21.1 Å². The molecule has 0 radical (unpaired) electrons. The molecule has 0 saturated carbocycles. The first-order valence-electron chi connectivity index (χ1n) is 7.95. The molecule has 5 nitrogen and oxygen atoms in total. The fraction of sp³-hybridized carbons (Fsp3) is 0.278. The minimum absolute atomic E-state index is 0.149. The zero-order valence-electron chi connectivity index (χ0n) is 13.6. The predicted octanol–water partition coefficient (Wildman–Crippen LogP) is 4.08. The van der Waals surface area contributed by atoms with E-state index in [0.29, 0.717) is 30.4 Å². The number of fused-ring (bicyclic) bond motifs is 1. The largest absolute Gasteiger partial charge is 0.490 e. The molecule has 0 spiro atoms. The number of carbonyl (C=O) groups is 1. The molecule has 25 heavy (non-hydrogen) atoms. The summed E-state index contributed by atoms with van der Waals surface area (Å²) in [6, 6.07) is 8.71. The van der Waals surface area contributed by atoms with Crippen molar-refractivity contribution >= 4 is 28.9 Å². The van der Waals surface area contributed by atoms with Crippen LogP contribution in [0.4, 0.5) is 15.8 Å². The highest BCUT2D eigenvalue weighted by Crippen LogP contribution is 2.32. The maximum atomic E-state index is 13.1. The van der Waals surface area contributed by atoms with E-state index in [1.165, 1.54) is 12.1 Å². The van der Waals surface area contributed by atoms with Gasteiger partial charge in [0.2, 0.25) is 5.91 Å². The van der Waals surface area contributed by atoms with Crippen LogP contribution in [0.25, 0.3) is 0 Å². The number of carbonyl (C=O) groups excluding carboxylic acids is 1. The van der Waals surface area contributed by atoms with Gasteiger partial charge in [0.1, 0.15) is 11.9 Å². The highest BCUT2D eigenvalue weighted by Gasteiger charge is 2.16. The van der Waals surface area contributed by atoms with E-state index < -0.39 is 11.9 Å². The quantitative estimate of drug-likeness (QED) is 0.858. The van der Waals surface area contributed by atoms with Gasteiger partial charge in [-0.25, -0.2) is 4.39 Å². The number of halogens is 2. The van der Waals surface area contributed by atoms with E-state index in [1.54, 1.807) is 13.0 Å². The smallest absolute Gasteiger partial charge is 0.246 e. The number of nitrogens with one attached hydrogen (secondary N) is 2. The maximum Gasteiger partial charge on any atom is 0.246 e. The summed E-state index contributed by atoms with van der Waals surface area (Å²) in [6.45, 7) is 2.93. The summed E-state index contributed by atoms with van der Waals surface area (Å²) in [4.78, 5) is 12.3. The lowest BCUT2D eigenvalue weighted by Crippen LogP contribution is -2.32. The van der Waals surface area contributed by atoms with Gasteiger partial charge in [-0.3, -0.25) is 4.79 Å². The first-order valence-corrected chi connectivity index (χ1v) is 8.33. The van der Waals surface area contributed by atoms with Crippen molar-refractivity contribution in [3.8, 4) is 11.5 Å². The average Bonchev–Trinajstić information content (AvgIpc) is 2.82. The summed E-state index contributed by atoms with van der Waals surface area (Å²) in [5.41, 5.74) is 1.09. The standard InChI is InChI=1S/C18H18ClFN2O3/c1-11(18(23)22-15-5-3-12(20)9-14(15)19)21-13-4-6-16-17(10-13)25-8-2-7-24-16/h3-6,9-11,21H,2,7-8H2,1H3,(H,22,23). The van der Waals surface area contributed by atoms with Crippen LogP contribution in [0.1, 0.15) is 13.3 Å². The molecule has 2 aromatic rings. The Balaban J connectivity index is 1.66. The van der Waals surface area contributed by atoms with E-state index in [1.807, 2.05) is 12.1 Å². The van der Waals surface area contributed by atoms with Crippen molar-refractivity contribution in [1.29, 1.82) is 0 Å². The van der Waals surface area contributed by atoms with Crippen LogP contribution in [0.15, 0.2) is 36.4 Å². The number of ether oxygens (including phenoxy) is 2. The van der Waals surface area contributed by atoms with Gasteiger partial charge in [0, 0.05) is 18.2 Å². The molecule has 1 heterocycles. The van der Waals surface area contributed by atoms with Crippen LogP contribution in [-0.2, 0) is 4.79 Å². The number of amides is 1. The molecule has 1 aliphatic heterocycles. The van der Waals surface area contributed by atoms with Crippen molar-refractivity contribution in [3.63, 3.8) is 0 Å². The molecular weight excluding hydrogens is 347 g/mol. The van der Waals surface area contributed by atoms with Crippen LogP contribution in [0.2, 0.25) is 5.02 Å². The van der Waals surface area contributed by atoms with Crippen LogP contribution < -0.4 is 20.1 Å². The van der Waals surface area contributed by atoms with Crippen LogP contribution in [0.3, 0.4) is 0 Å². The molecule has 1 amide bonds. The summed E-state index contributed by atoms with van der Waals surface area (Å²) < 4.78 is 24.3. The monoisotopic (exact) mass is 364 g/mol. The third kappa shape index (κ3) is 4.33. The normalized spacial score (nSPS) is 14.4. The molecule has 1 aliphatic rings. The second-order valence-electron chi connectivity index (χ2n) is 5.69. The van der Waals surface area contributed by atoms with Gasteiger partial charge >= 0.3 is 0 Å². The van der Waals surface area contributed by atoms with Crippen LogP contribution in [0, 0.1) is 5.82 Å². The Morgan fingerprint density at radius 3 is 2.68 bits per heavy atom. The minimum Gasteiger partial charge on any atom is -0.490 e. The molecule has 1 unspecified atom stereocenters. The summed E-state index contributed by atoms with van der Waals surface area (Å²) in [5.74, 6) is 0.594. The highest BCUT2D eigenvalue weighted by molar-refractivity contribution is 6.33. The molecule has 7 heteroatoms. The summed E-state index contributed by atoms with van der Waals surface area (Å²) in [6.07, 6.45) is 0.828. The summed E-state index contributed by atoms with van der Waals surface area (Å²) >= 11 is 5.93. The Kier molecular flexibility index (Phi) is 5.28. The van der Waals surface area contributed by atoms with Gasteiger partial charge in [0.05, 0.1) is 23.9 Å². The molecule has 132 valence electrons. The number of anilines is 2. The van der Waals surface area contributed by atoms with Crippen molar-refractivity contribution in [2.24, 2.45) is 0 Å². The van der Waals surface area contributed by atoms with Gasteiger partial charge < -0.3 is 20.1 Å². The van der Waals surface area contributed by atoms with Gasteiger partial charge in [0.25, 0.3) is 0 Å². The van der Waals surface area contributed by atoms with Crippen molar-refractivity contribution in [2.75, 3.05) is 23.8 Å². The number of benzene rings is 2. The lowest BCUT2D eigenvalue weighted by atomic mass is 10.2. The zero-order chi connectivity index (χ0) is 17.8. The molecule has 0 bridgehead atoms. The van der Waals surface area contributed by atoms with Gasteiger partial charge in [-0.05, 0) is 37.3 Å². The Morgan fingerprint density at radius 1 is 1.16 bits per heavy atom. The Hall–Kier alpha value is -2.47. The molecule has 1 atom stereocenters. The fourth-order valence-corrected chi connectivity index (χ4v) is 2.61. The molecule has 0 saturated heterocycles. The number of rotatable bonds is 4. The van der Waals surface area contributed by atoms with E-state index in [9.17, 15) is 9.18 Å². The number of hydrogen-bond donors (Lipinski definition) is 2. The van der Waals surface area contributed by atoms with Crippen LogP contribution in [0.5, 0.6) is 11.5 Å².